The number of hydrogen-bond acceptors (Lipinski definition) is 3. The second-order valence-electron chi connectivity index (χ2n) is 19.5. The minimum atomic E-state index is -3.11. The van der Waals surface area contributed by atoms with Gasteiger partial charge < -0.3 is 0 Å². The molecule has 336 valence electrons. The summed E-state index contributed by atoms with van der Waals surface area (Å²) in [7, 11) is 0. The molecule has 72 heavy (non-hydrogen) atoms. The van der Waals surface area contributed by atoms with Crippen molar-refractivity contribution in [1.82, 2.24) is 0 Å². The molecule has 0 spiro atoms. The zero-order valence-electron chi connectivity index (χ0n) is 39.1. The molecule has 11 aromatic carbocycles. The summed E-state index contributed by atoms with van der Waals surface area (Å²) in [6, 6.07) is 97.8. The molecule has 0 amide bonds. The molecule has 16 rings (SSSR count). The van der Waals surface area contributed by atoms with Crippen molar-refractivity contribution >= 4 is 65.7 Å². The third-order valence-electron chi connectivity index (χ3n) is 16.2. The maximum absolute atomic E-state index is 7.15. The first-order valence-electron chi connectivity index (χ1n) is 24.9. The van der Waals surface area contributed by atoms with E-state index in [0.29, 0.717) is 0 Å². The van der Waals surface area contributed by atoms with Crippen LogP contribution in [0.3, 0.4) is 0 Å². The van der Waals surface area contributed by atoms with E-state index in [-0.39, 0.29) is 0 Å². The van der Waals surface area contributed by atoms with Crippen LogP contribution in [0.4, 0.5) is 34.1 Å². The Bertz CT molecular complexity index is 3700. The molecule has 0 bridgehead atoms. The Morgan fingerprint density at radius 1 is 0.278 bits per heavy atom. The first kappa shape index (κ1) is 40.4. The van der Waals surface area contributed by atoms with E-state index in [4.69, 9.17) is 4.74 Å². The number of anilines is 6. The summed E-state index contributed by atoms with van der Waals surface area (Å²) < 4.78 is 11.4. The molecule has 0 unspecified atom stereocenters. The van der Waals surface area contributed by atoms with Gasteiger partial charge in [-0.1, -0.05) is 0 Å². The van der Waals surface area contributed by atoms with E-state index in [2.05, 4.69) is 271 Å². The summed E-state index contributed by atoms with van der Waals surface area (Å²) in [5.41, 5.74) is 21.6. The van der Waals surface area contributed by atoms with Gasteiger partial charge in [0.1, 0.15) is 0 Å². The molecule has 0 saturated heterocycles. The molecule has 11 aromatic rings. The summed E-state index contributed by atoms with van der Waals surface area (Å²) >= 11 is -3.11. The topological polar surface area (TPSA) is 15.7 Å². The molecule has 0 saturated carbocycles. The average molecular weight is 1110 g/mol. The summed E-state index contributed by atoms with van der Waals surface area (Å²) in [4.78, 5) is 5.15. The van der Waals surface area contributed by atoms with Gasteiger partial charge in [0, 0.05) is 0 Å². The summed E-state index contributed by atoms with van der Waals surface area (Å²) in [6.45, 7) is 0. The second-order valence-corrected chi connectivity index (χ2v) is 27.3. The standard InChI is InChI=1S/C68H43N2O.Bi/c1-5-20-47(21-6-1)67(48-22-7-2-8-23-48)63-36-15-13-34-59(63)61-40-38-55(45-65(61)67)69-51-28-17-29-52(42-51)70(54-31-19-33-58(44-54)71-57-32-18-30-53(69)43-57)56-39-41-62-60-35-14-16-37-64(60)68(66(62)46-56,49-24-9-3-10-25-49)50-26-11-4-12-27-50;/h1-41,45-46H;. The molecule has 3 aliphatic heterocycles. The summed E-state index contributed by atoms with van der Waals surface area (Å²) in [6.07, 6.45) is 0. The molecule has 0 N–H and O–H groups in total. The molecule has 3 nitrogen and oxygen atoms in total. The Morgan fingerprint density at radius 2 is 0.611 bits per heavy atom. The van der Waals surface area contributed by atoms with Crippen molar-refractivity contribution in [3.63, 3.8) is 0 Å². The maximum atomic E-state index is 7.15. The van der Waals surface area contributed by atoms with Gasteiger partial charge in [-0.15, -0.1) is 0 Å². The number of hydrogen-bond donors (Lipinski definition) is 0. The molecule has 3 heterocycles. The number of fused-ring (bicyclic) bond motifs is 6. The average Bonchev–Trinajstić information content (AvgIpc) is 3.92. The third-order valence-corrected chi connectivity index (χ3v) is 26.7. The van der Waals surface area contributed by atoms with Crippen molar-refractivity contribution in [2.45, 2.75) is 10.8 Å². The molecule has 4 heteroatoms. The molecule has 2 aliphatic carbocycles. The molecule has 0 fully saturated rings. The van der Waals surface area contributed by atoms with Gasteiger partial charge in [0.2, 0.25) is 0 Å². The van der Waals surface area contributed by atoms with Crippen molar-refractivity contribution in [3.8, 4) is 33.8 Å². The van der Waals surface area contributed by atoms with E-state index >= 15 is 0 Å². The van der Waals surface area contributed by atoms with Gasteiger partial charge in [0.05, 0.1) is 0 Å². The fourth-order valence-corrected chi connectivity index (χ4v) is 25.1. The molecule has 0 aromatic heterocycles. The normalized spacial score (nSPS) is 15.2. The molecular formula is C68H43BiN2O. The molecule has 5 aliphatic rings. The number of nitrogens with zero attached hydrogens (tertiary/aromatic N) is 2. The second kappa shape index (κ2) is 15.1. The van der Waals surface area contributed by atoms with E-state index in [1.54, 1.807) is 0 Å². The van der Waals surface area contributed by atoms with Crippen LogP contribution in [0.25, 0.3) is 22.3 Å². The van der Waals surface area contributed by atoms with Crippen molar-refractivity contribution < 1.29 is 4.74 Å². The number of benzene rings is 11. The van der Waals surface area contributed by atoms with Gasteiger partial charge in [-0.3, -0.25) is 0 Å². The predicted molar refractivity (Wildman–Crippen MR) is 295 cm³/mol. The molecule has 0 atom stereocenters. The van der Waals surface area contributed by atoms with E-state index in [1.807, 2.05) is 0 Å². The fraction of sp³-hybridized carbons (Fsp3) is 0.0294. The van der Waals surface area contributed by atoms with Crippen LogP contribution in [0.5, 0.6) is 11.5 Å². The quantitative estimate of drug-likeness (QED) is 0.154. The van der Waals surface area contributed by atoms with Crippen LogP contribution in [-0.2, 0) is 10.8 Å². The van der Waals surface area contributed by atoms with Crippen LogP contribution < -0.4 is 24.4 Å². The first-order chi connectivity index (χ1) is 35.7. The Balaban J connectivity index is 0.943. The van der Waals surface area contributed by atoms with Crippen molar-refractivity contribution in [2.24, 2.45) is 0 Å². The van der Waals surface area contributed by atoms with Gasteiger partial charge in [-0.25, -0.2) is 0 Å². The van der Waals surface area contributed by atoms with E-state index in [0.717, 1.165) is 22.9 Å². The Labute approximate surface area is 427 Å². The van der Waals surface area contributed by atoms with Gasteiger partial charge in [-0.2, -0.15) is 0 Å². The van der Waals surface area contributed by atoms with E-state index < -0.39 is 32.6 Å². The Kier molecular flexibility index (Phi) is 8.48. The number of ether oxygens (including phenoxy) is 1. The van der Waals surface area contributed by atoms with Crippen LogP contribution in [-0.4, -0.2) is 21.8 Å². The van der Waals surface area contributed by atoms with Gasteiger partial charge in [-0.05, 0) is 0 Å². The third kappa shape index (κ3) is 5.17. The number of rotatable bonds is 6. The fourth-order valence-electron chi connectivity index (χ4n) is 13.5. The summed E-state index contributed by atoms with van der Waals surface area (Å²) in [5, 5.41) is 0. The first-order valence-corrected chi connectivity index (χ1v) is 30.1. The van der Waals surface area contributed by atoms with Crippen LogP contribution in [0.15, 0.2) is 261 Å². The SMILES string of the molecule is c1ccc(C2(c3ccccc3)c3ccccc3-c3ccc(N4c5cccc6[c]5[Bi]5[c]7c(cccc7N(c7ccc8c(c7)C(c7ccccc7)(c7ccccc7)c7ccccc7-8)c7cccc4[c]75)O6)cc32)cc1. The zero-order valence-corrected chi connectivity index (χ0v) is 42.6. The van der Waals surface area contributed by atoms with Crippen LogP contribution >= 0.6 is 0 Å². The Hall–Kier alpha value is -8.30. The van der Waals surface area contributed by atoms with Crippen LogP contribution in [0.2, 0.25) is 0 Å². The monoisotopic (exact) mass is 1110 g/mol. The molecular weight excluding hydrogens is 1070 g/mol. The van der Waals surface area contributed by atoms with E-state index in [9.17, 15) is 0 Å². The van der Waals surface area contributed by atoms with Crippen LogP contribution in [0, 0.1) is 0 Å². The molecule has 0 radical (unpaired) electrons. The van der Waals surface area contributed by atoms with Gasteiger partial charge in [0.25, 0.3) is 0 Å². The van der Waals surface area contributed by atoms with Gasteiger partial charge >= 0.3 is 430 Å². The predicted octanol–water partition coefficient (Wildman–Crippen LogP) is 14.6. The summed E-state index contributed by atoms with van der Waals surface area (Å²) in [5.74, 6) is 1.99. The van der Waals surface area contributed by atoms with Gasteiger partial charge in [0.15, 0.2) is 0 Å². The van der Waals surface area contributed by atoms with Crippen LogP contribution in [0.1, 0.15) is 44.5 Å². The zero-order chi connectivity index (χ0) is 47.1. The minimum absolute atomic E-state index is 0.524. The Morgan fingerprint density at radius 3 is 1.01 bits per heavy atom. The van der Waals surface area contributed by atoms with E-state index in [1.165, 1.54) is 99.3 Å². The van der Waals surface area contributed by atoms with Crippen molar-refractivity contribution in [3.05, 3.63) is 305 Å². The van der Waals surface area contributed by atoms with Crippen molar-refractivity contribution in [1.29, 1.82) is 0 Å². The van der Waals surface area contributed by atoms with Crippen molar-refractivity contribution in [2.75, 3.05) is 9.80 Å².